The van der Waals surface area contributed by atoms with Crippen molar-refractivity contribution in [1.29, 1.82) is 0 Å². The fourth-order valence-electron chi connectivity index (χ4n) is 3.65. The van der Waals surface area contributed by atoms with Gasteiger partial charge in [0.25, 0.3) is 0 Å². The Balaban J connectivity index is 1.57. The predicted molar refractivity (Wildman–Crippen MR) is 105 cm³/mol. The highest BCUT2D eigenvalue weighted by Gasteiger charge is 2.36. The predicted octanol–water partition coefficient (Wildman–Crippen LogP) is 3.42. The van der Waals surface area contributed by atoms with Crippen molar-refractivity contribution in [2.45, 2.75) is 43.5 Å². The summed E-state index contributed by atoms with van der Waals surface area (Å²) in [5, 5.41) is 0. The van der Waals surface area contributed by atoms with E-state index in [-0.39, 0.29) is 22.8 Å². The van der Waals surface area contributed by atoms with Crippen LogP contribution in [0.15, 0.2) is 53.4 Å². The van der Waals surface area contributed by atoms with Gasteiger partial charge in [-0.3, -0.25) is 4.79 Å². The van der Waals surface area contributed by atoms with Crippen molar-refractivity contribution in [1.82, 2.24) is 4.72 Å². The van der Waals surface area contributed by atoms with E-state index in [1.54, 1.807) is 18.2 Å². The topological polar surface area (TPSA) is 66.5 Å². The van der Waals surface area contributed by atoms with Crippen LogP contribution in [-0.2, 0) is 21.2 Å². The molecule has 1 atom stereocenters. The lowest BCUT2D eigenvalue weighted by Crippen LogP contribution is -2.30. The molecule has 2 aromatic carbocycles. The van der Waals surface area contributed by atoms with Gasteiger partial charge in [0.1, 0.15) is 0 Å². The third kappa shape index (κ3) is 3.64. The third-order valence-electron chi connectivity index (χ3n) is 5.36. The van der Waals surface area contributed by atoms with Crippen molar-refractivity contribution in [2.24, 2.45) is 5.92 Å². The van der Waals surface area contributed by atoms with Crippen LogP contribution in [0.2, 0.25) is 0 Å². The molecule has 1 fully saturated rings. The number of carbonyl (C=O) groups excluding carboxylic acids is 1. The SMILES string of the molecule is CC[C@H](NS(=O)(=O)c1ccc2c(c1)CCN2C(=O)C1CC1)c1ccccc1. The van der Waals surface area contributed by atoms with Gasteiger partial charge >= 0.3 is 0 Å². The highest BCUT2D eigenvalue weighted by Crippen LogP contribution is 2.37. The van der Waals surface area contributed by atoms with Crippen LogP contribution in [0.5, 0.6) is 0 Å². The second-order valence-corrected chi connectivity index (χ2v) is 9.01. The van der Waals surface area contributed by atoms with E-state index in [1.807, 2.05) is 42.2 Å². The lowest BCUT2D eigenvalue weighted by molar-refractivity contribution is -0.119. The van der Waals surface area contributed by atoms with Crippen molar-refractivity contribution in [2.75, 3.05) is 11.4 Å². The molecule has 2 aliphatic rings. The van der Waals surface area contributed by atoms with E-state index in [0.29, 0.717) is 19.4 Å². The van der Waals surface area contributed by atoms with Crippen LogP contribution < -0.4 is 9.62 Å². The van der Waals surface area contributed by atoms with Crippen LogP contribution in [0.25, 0.3) is 0 Å². The summed E-state index contributed by atoms with van der Waals surface area (Å²) in [6, 6.07) is 14.4. The molecule has 1 aliphatic carbocycles. The molecular weight excluding hydrogens is 360 g/mol. The lowest BCUT2D eigenvalue weighted by Gasteiger charge is -2.19. The van der Waals surface area contributed by atoms with Gasteiger partial charge in [0.15, 0.2) is 0 Å². The van der Waals surface area contributed by atoms with Gasteiger partial charge in [-0.15, -0.1) is 0 Å². The number of anilines is 1. The molecule has 2 aromatic rings. The molecule has 27 heavy (non-hydrogen) atoms. The van der Waals surface area contributed by atoms with Gasteiger partial charge in [0.05, 0.1) is 4.90 Å². The minimum atomic E-state index is -3.64. The second-order valence-electron chi connectivity index (χ2n) is 7.30. The second kappa shape index (κ2) is 7.09. The van der Waals surface area contributed by atoms with Crippen LogP contribution >= 0.6 is 0 Å². The van der Waals surface area contributed by atoms with E-state index in [1.165, 1.54) is 0 Å². The van der Waals surface area contributed by atoms with Crippen LogP contribution in [-0.4, -0.2) is 20.9 Å². The zero-order valence-electron chi connectivity index (χ0n) is 15.4. The fraction of sp³-hybridized carbons (Fsp3) is 0.381. The van der Waals surface area contributed by atoms with Gasteiger partial charge in [-0.25, -0.2) is 13.1 Å². The van der Waals surface area contributed by atoms with Crippen molar-refractivity contribution in [3.63, 3.8) is 0 Å². The van der Waals surface area contributed by atoms with Crippen molar-refractivity contribution >= 4 is 21.6 Å². The first kappa shape index (κ1) is 18.2. The van der Waals surface area contributed by atoms with Crippen LogP contribution in [0.1, 0.15) is 43.4 Å². The molecule has 0 unspecified atom stereocenters. The Labute approximate surface area is 160 Å². The number of nitrogens with one attached hydrogen (secondary N) is 1. The summed E-state index contributed by atoms with van der Waals surface area (Å²) < 4.78 is 28.7. The normalized spacial score (nSPS) is 17.6. The average Bonchev–Trinajstić information content (AvgIpc) is 3.45. The number of rotatable bonds is 6. The molecular formula is C21H24N2O3S. The smallest absolute Gasteiger partial charge is 0.241 e. The maximum absolute atomic E-state index is 12.9. The van der Waals surface area contributed by atoms with Gasteiger partial charge in [0.2, 0.25) is 15.9 Å². The Morgan fingerprint density at radius 1 is 1.19 bits per heavy atom. The van der Waals surface area contributed by atoms with Gasteiger partial charge in [-0.05, 0) is 55.0 Å². The molecule has 6 heteroatoms. The number of fused-ring (bicyclic) bond motifs is 1. The summed E-state index contributed by atoms with van der Waals surface area (Å²) in [6.07, 6.45) is 3.31. The van der Waals surface area contributed by atoms with E-state index in [4.69, 9.17) is 0 Å². The summed E-state index contributed by atoms with van der Waals surface area (Å²) >= 11 is 0. The van der Waals surface area contributed by atoms with Crippen LogP contribution in [0.3, 0.4) is 0 Å². The van der Waals surface area contributed by atoms with Crippen LogP contribution in [0, 0.1) is 5.92 Å². The van der Waals surface area contributed by atoms with E-state index < -0.39 is 10.0 Å². The molecule has 1 saturated carbocycles. The molecule has 0 radical (unpaired) electrons. The maximum atomic E-state index is 12.9. The molecule has 1 N–H and O–H groups in total. The molecule has 0 bridgehead atoms. The van der Waals surface area contributed by atoms with E-state index in [2.05, 4.69) is 4.72 Å². The monoisotopic (exact) mass is 384 g/mol. The summed E-state index contributed by atoms with van der Waals surface area (Å²) in [6.45, 7) is 2.60. The Hall–Kier alpha value is -2.18. The van der Waals surface area contributed by atoms with E-state index in [0.717, 1.165) is 29.7 Å². The molecule has 1 heterocycles. The number of sulfonamides is 1. The molecule has 1 amide bonds. The summed E-state index contributed by atoms with van der Waals surface area (Å²) in [5.41, 5.74) is 2.74. The molecule has 0 aromatic heterocycles. The van der Waals surface area contributed by atoms with Gasteiger partial charge in [-0.2, -0.15) is 0 Å². The molecule has 0 saturated heterocycles. The van der Waals surface area contributed by atoms with E-state index in [9.17, 15) is 13.2 Å². The summed E-state index contributed by atoms with van der Waals surface area (Å²) in [7, 11) is -3.64. The van der Waals surface area contributed by atoms with Gasteiger partial charge in [0, 0.05) is 24.2 Å². The quantitative estimate of drug-likeness (QED) is 0.830. The Bertz CT molecular complexity index is 953. The zero-order chi connectivity index (χ0) is 19.0. The Morgan fingerprint density at radius 3 is 2.59 bits per heavy atom. The highest BCUT2D eigenvalue weighted by molar-refractivity contribution is 7.89. The number of nitrogens with zero attached hydrogens (tertiary/aromatic N) is 1. The Morgan fingerprint density at radius 2 is 1.93 bits per heavy atom. The third-order valence-corrected chi connectivity index (χ3v) is 6.83. The molecule has 0 spiro atoms. The number of hydrogen-bond acceptors (Lipinski definition) is 3. The number of amides is 1. The molecule has 1 aliphatic heterocycles. The zero-order valence-corrected chi connectivity index (χ0v) is 16.2. The van der Waals surface area contributed by atoms with Crippen molar-refractivity contribution in [3.05, 3.63) is 59.7 Å². The first-order valence-corrected chi connectivity index (χ1v) is 11.0. The minimum Gasteiger partial charge on any atom is -0.312 e. The molecule has 142 valence electrons. The van der Waals surface area contributed by atoms with Crippen molar-refractivity contribution < 1.29 is 13.2 Å². The summed E-state index contributed by atoms with van der Waals surface area (Å²) in [4.78, 5) is 14.5. The van der Waals surface area contributed by atoms with E-state index >= 15 is 0 Å². The largest absolute Gasteiger partial charge is 0.312 e. The number of benzene rings is 2. The molecule has 4 rings (SSSR count). The van der Waals surface area contributed by atoms with Gasteiger partial charge in [-0.1, -0.05) is 37.3 Å². The lowest BCUT2D eigenvalue weighted by atomic mass is 10.1. The van der Waals surface area contributed by atoms with Gasteiger partial charge < -0.3 is 4.90 Å². The number of carbonyl (C=O) groups is 1. The fourth-order valence-corrected chi connectivity index (χ4v) is 5.01. The average molecular weight is 385 g/mol. The first-order chi connectivity index (χ1) is 13.0. The first-order valence-electron chi connectivity index (χ1n) is 9.51. The molecule has 5 nitrogen and oxygen atoms in total. The highest BCUT2D eigenvalue weighted by atomic mass is 32.2. The maximum Gasteiger partial charge on any atom is 0.241 e. The standard InChI is InChI=1S/C21H24N2O3S/c1-2-19(15-6-4-3-5-7-15)22-27(25,26)18-10-11-20-17(14-18)12-13-23(20)21(24)16-8-9-16/h3-7,10-11,14,16,19,22H,2,8-9,12-13H2,1H3/t19-/m0/s1. The van der Waals surface area contributed by atoms with Crippen LogP contribution in [0.4, 0.5) is 5.69 Å². The van der Waals surface area contributed by atoms with Crippen molar-refractivity contribution in [3.8, 4) is 0 Å². The minimum absolute atomic E-state index is 0.164. The Kier molecular flexibility index (Phi) is 4.78. The summed E-state index contributed by atoms with van der Waals surface area (Å²) in [5.74, 6) is 0.342. The number of hydrogen-bond donors (Lipinski definition) is 1.